The van der Waals surface area contributed by atoms with Gasteiger partial charge in [0, 0.05) is 33.9 Å². The van der Waals surface area contributed by atoms with E-state index >= 15 is 0 Å². The Morgan fingerprint density at radius 1 is 1.54 bits per heavy atom. The van der Waals surface area contributed by atoms with Crippen molar-refractivity contribution >= 4 is 6.21 Å². The van der Waals surface area contributed by atoms with Gasteiger partial charge >= 0.3 is 0 Å². The third-order valence-corrected chi connectivity index (χ3v) is 1.22. The van der Waals surface area contributed by atoms with Crippen molar-refractivity contribution in [1.82, 2.24) is 10.4 Å². The van der Waals surface area contributed by atoms with Gasteiger partial charge in [-0.3, -0.25) is 5.43 Å². The van der Waals surface area contributed by atoms with Crippen molar-refractivity contribution in [3.8, 4) is 0 Å². The summed E-state index contributed by atoms with van der Waals surface area (Å²) in [6, 6.07) is 0. The van der Waals surface area contributed by atoms with Gasteiger partial charge in [-0.15, -0.1) is 12.2 Å². The van der Waals surface area contributed by atoms with Crippen LogP contribution in [0.4, 0.5) is 0 Å². The maximum Gasteiger partial charge on any atom is 0.0293 e. The summed E-state index contributed by atoms with van der Waals surface area (Å²) in [5, 5.41) is 1.82. The van der Waals surface area contributed by atoms with Gasteiger partial charge in [-0.05, 0) is 0 Å². The van der Waals surface area contributed by atoms with E-state index in [2.05, 4.69) is 16.6 Å². The molecule has 4 heteroatoms. The molecule has 0 spiro atoms. The van der Waals surface area contributed by atoms with E-state index in [0.29, 0.717) is 0 Å². The quantitative estimate of drug-likeness (QED) is 0.731. The SMILES string of the molecule is C/C=C1/N=[C-]C=CN1NC.CC.[W]. The smallest absolute Gasteiger partial charge is 0.0293 e. The molecule has 1 N–H and O–H groups in total. The van der Waals surface area contributed by atoms with Crippen LogP contribution in [0.2, 0.25) is 0 Å². The standard InChI is InChI=1S/C7H10N3.C2H6.W/c1-3-7-9-5-4-6-10(7)8-2;1-2;/h3-4,6,8H,1-2H3;1-2H3;/q-1;;/b7-3-;;. The summed E-state index contributed by atoms with van der Waals surface area (Å²) >= 11 is 0. The van der Waals surface area contributed by atoms with Gasteiger partial charge in [0.2, 0.25) is 0 Å². The zero-order chi connectivity index (χ0) is 9.40. The summed E-state index contributed by atoms with van der Waals surface area (Å²) in [6.45, 7) is 5.93. The van der Waals surface area contributed by atoms with E-state index in [1.54, 1.807) is 6.08 Å². The minimum atomic E-state index is 0. The number of allylic oxidation sites excluding steroid dienone is 2. The summed E-state index contributed by atoms with van der Waals surface area (Å²) in [6.07, 6.45) is 8.27. The molecule has 1 rings (SSSR count). The first-order valence-corrected chi connectivity index (χ1v) is 4.14. The number of hydrogen-bond donors (Lipinski definition) is 1. The molecule has 0 aliphatic carbocycles. The van der Waals surface area contributed by atoms with Gasteiger partial charge in [-0.25, -0.2) is 0 Å². The van der Waals surface area contributed by atoms with Crippen molar-refractivity contribution < 1.29 is 21.1 Å². The van der Waals surface area contributed by atoms with Crippen LogP contribution in [0.1, 0.15) is 20.8 Å². The van der Waals surface area contributed by atoms with Crippen molar-refractivity contribution in [2.75, 3.05) is 7.05 Å². The number of nitrogens with zero attached hydrogens (tertiary/aromatic N) is 2. The van der Waals surface area contributed by atoms with Crippen molar-refractivity contribution in [1.29, 1.82) is 0 Å². The summed E-state index contributed by atoms with van der Waals surface area (Å²) in [4.78, 5) is 3.99. The molecule has 0 unspecified atom stereocenters. The molecule has 1 heterocycles. The first-order valence-electron chi connectivity index (χ1n) is 4.14. The number of aliphatic imine (C=N–C) groups is 1. The van der Waals surface area contributed by atoms with Crippen LogP contribution in [0.3, 0.4) is 0 Å². The van der Waals surface area contributed by atoms with Crippen LogP contribution in [-0.2, 0) is 21.1 Å². The van der Waals surface area contributed by atoms with Crippen molar-refractivity contribution in [2.45, 2.75) is 20.8 Å². The van der Waals surface area contributed by atoms with Gasteiger partial charge in [0.25, 0.3) is 0 Å². The van der Waals surface area contributed by atoms with Crippen molar-refractivity contribution in [3.63, 3.8) is 0 Å². The van der Waals surface area contributed by atoms with E-state index in [1.165, 1.54) is 0 Å². The van der Waals surface area contributed by atoms with Gasteiger partial charge in [-0.2, -0.15) is 0 Å². The van der Waals surface area contributed by atoms with Crippen LogP contribution >= 0.6 is 0 Å². The molecule has 0 aromatic heterocycles. The van der Waals surface area contributed by atoms with E-state index in [1.807, 2.05) is 45.1 Å². The third kappa shape index (κ3) is 5.01. The molecule has 0 aromatic carbocycles. The molecule has 13 heavy (non-hydrogen) atoms. The monoisotopic (exact) mass is 350 g/mol. The zero-order valence-electron chi connectivity index (χ0n) is 8.53. The molecule has 0 amide bonds. The van der Waals surface area contributed by atoms with Crippen LogP contribution in [0.25, 0.3) is 0 Å². The Labute approximate surface area is 94.8 Å². The molecule has 0 saturated carbocycles. The third-order valence-electron chi connectivity index (χ3n) is 1.22. The van der Waals surface area contributed by atoms with Gasteiger partial charge in [0.05, 0.1) is 0 Å². The minimum absolute atomic E-state index is 0. The topological polar surface area (TPSA) is 27.6 Å². The summed E-state index contributed by atoms with van der Waals surface area (Å²) in [5.41, 5.74) is 2.95. The minimum Gasteiger partial charge on any atom is -0.374 e. The molecule has 0 atom stereocenters. The molecule has 0 bridgehead atoms. The maximum absolute atomic E-state index is 3.99. The molecule has 0 aromatic rings. The number of nitrogens with one attached hydrogen (secondary N) is 1. The zero-order valence-corrected chi connectivity index (χ0v) is 11.5. The Morgan fingerprint density at radius 3 is 2.54 bits per heavy atom. The molecular weight excluding hydrogens is 334 g/mol. The first kappa shape index (κ1) is 15.1. The fourth-order valence-electron chi connectivity index (χ4n) is 0.734. The van der Waals surface area contributed by atoms with E-state index < -0.39 is 0 Å². The van der Waals surface area contributed by atoms with Crippen molar-refractivity contribution in [3.05, 3.63) is 24.2 Å². The Kier molecular flexibility index (Phi) is 11.2. The largest absolute Gasteiger partial charge is 0.374 e. The molecule has 3 nitrogen and oxygen atoms in total. The number of rotatable bonds is 1. The average Bonchev–Trinajstić information content (AvgIpc) is 2.20. The second-order valence-corrected chi connectivity index (χ2v) is 1.80. The van der Waals surface area contributed by atoms with Crippen LogP contribution in [-0.4, -0.2) is 18.3 Å². The molecule has 0 radical (unpaired) electrons. The maximum atomic E-state index is 3.99. The van der Waals surface area contributed by atoms with Crippen LogP contribution in [0, 0.1) is 0 Å². The van der Waals surface area contributed by atoms with E-state index in [9.17, 15) is 0 Å². The van der Waals surface area contributed by atoms with Crippen LogP contribution in [0.5, 0.6) is 0 Å². The van der Waals surface area contributed by atoms with Gasteiger partial charge in [0.15, 0.2) is 0 Å². The Balaban J connectivity index is 0. The fraction of sp³-hybridized carbons (Fsp3) is 0.444. The van der Waals surface area contributed by atoms with Gasteiger partial charge in [-0.1, -0.05) is 33.2 Å². The fourth-order valence-corrected chi connectivity index (χ4v) is 0.734. The number of hydrazine groups is 1. The molecule has 0 saturated heterocycles. The first-order chi connectivity index (χ1) is 5.88. The average molecular weight is 350 g/mol. The van der Waals surface area contributed by atoms with Crippen molar-refractivity contribution in [2.24, 2.45) is 4.99 Å². The molecule has 0 fully saturated rings. The second kappa shape index (κ2) is 9.68. The summed E-state index contributed by atoms with van der Waals surface area (Å²) < 4.78 is 0. The van der Waals surface area contributed by atoms with Gasteiger partial charge < -0.3 is 10.0 Å². The number of hydrogen-bond acceptors (Lipinski definition) is 3. The summed E-state index contributed by atoms with van der Waals surface area (Å²) in [5.74, 6) is 0.866. The predicted molar refractivity (Wildman–Crippen MR) is 52.6 cm³/mol. The summed E-state index contributed by atoms with van der Waals surface area (Å²) in [7, 11) is 1.84. The Hall–Kier alpha value is -0.402. The Bertz CT molecular complexity index is 197. The van der Waals surface area contributed by atoms with Gasteiger partial charge in [0.1, 0.15) is 0 Å². The molecule has 1 aliphatic rings. The normalized spacial score (nSPS) is 16.3. The van der Waals surface area contributed by atoms with Crippen LogP contribution < -0.4 is 5.43 Å². The molecule has 1 aliphatic heterocycles. The molecule has 74 valence electrons. The molecular formula is C9H16N3W-. The predicted octanol–water partition coefficient (Wildman–Crippen LogP) is 1.78. The van der Waals surface area contributed by atoms with Crippen LogP contribution in [0.15, 0.2) is 29.2 Å². The Morgan fingerprint density at radius 2 is 2.15 bits per heavy atom. The van der Waals surface area contributed by atoms with E-state index in [-0.39, 0.29) is 21.1 Å². The van der Waals surface area contributed by atoms with E-state index in [0.717, 1.165) is 5.82 Å². The van der Waals surface area contributed by atoms with E-state index in [4.69, 9.17) is 0 Å². The second-order valence-electron chi connectivity index (χ2n) is 1.80.